The highest BCUT2D eigenvalue weighted by atomic mass is 32.2. The summed E-state index contributed by atoms with van der Waals surface area (Å²) in [5.74, 6) is 0.548. The van der Waals surface area contributed by atoms with Gasteiger partial charge in [-0.25, -0.2) is 8.42 Å². The fourth-order valence-corrected chi connectivity index (χ4v) is 3.25. The van der Waals surface area contributed by atoms with Crippen molar-refractivity contribution in [3.63, 3.8) is 0 Å². The zero-order chi connectivity index (χ0) is 10.8. The number of aliphatic hydroxyl groups is 1. The summed E-state index contributed by atoms with van der Waals surface area (Å²) >= 11 is 0. The third kappa shape index (κ3) is 4.39. The van der Waals surface area contributed by atoms with Crippen molar-refractivity contribution >= 4 is 9.84 Å². The molecule has 5 heteroatoms. The predicted octanol–water partition coefficient (Wildman–Crippen LogP) is -0.0759. The van der Waals surface area contributed by atoms with Crippen LogP contribution in [0.5, 0.6) is 0 Å². The molecule has 0 aromatic rings. The van der Waals surface area contributed by atoms with Crippen molar-refractivity contribution in [3.05, 3.63) is 0 Å². The second-order valence-electron chi connectivity index (χ2n) is 4.62. The summed E-state index contributed by atoms with van der Waals surface area (Å²) in [4.78, 5) is 0. The maximum Gasteiger partial charge on any atom is 0.151 e. The van der Waals surface area contributed by atoms with Crippen LogP contribution in [-0.4, -0.2) is 43.2 Å². The highest BCUT2D eigenvalue weighted by molar-refractivity contribution is 7.91. The molecule has 0 aliphatic carbocycles. The van der Waals surface area contributed by atoms with Crippen molar-refractivity contribution in [1.29, 1.82) is 0 Å². The molecule has 1 aliphatic heterocycles. The van der Waals surface area contributed by atoms with Crippen molar-refractivity contribution in [2.24, 2.45) is 0 Å². The molecular weight excluding hydrogens is 202 g/mol. The van der Waals surface area contributed by atoms with Gasteiger partial charge in [0.05, 0.1) is 17.1 Å². The van der Waals surface area contributed by atoms with Gasteiger partial charge < -0.3 is 10.4 Å². The molecule has 2 N–H and O–H groups in total. The zero-order valence-electron chi connectivity index (χ0n) is 8.78. The second-order valence-corrected chi connectivity index (χ2v) is 6.85. The van der Waals surface area contributed by atoms with E-state index in [4.69, 9.17) is 0 Å². The summed E-state index contributed by atoms with van der Waals surface area (Å²) < 4.78 is 22.2. The molecule has 1 rings (SSSR count). The Kier molecular flexibility index (Phi) is 3.55. The predicted molar refractivity (Wildman–Crippen MR) is 56.0 cm³/mol. The number of sulfone groups is 1. The van der Waals surface area contributed by atoms with Gasteiger partial charge in [0.15, 0.2) is 9.84 Å². The van der Waals surface area contributed by atoms with Gasteiger partial charge in [0, 0.05) is 6.04 Å². The Morgan fingerprint density at radius 3 is 2.57 bits per heavy atom. The normalized spacial score (nSPS) is 26.6. The number of hydrogen-bond acceptors (Lipinski definition) is 4. The standard InChI is InChI=1S/C9H19NO3S/c1-9(2,11)4-5-10-8-3-6-14(12,13)7-8/h8,10-11H,3-7H2,1-2H3. The third-order valence-electron chi connectivity index (χ3n) is 2.40. The van der Waals surface area contributed by atoms with Gasteiger partial charge in [0.25, 0.3) is 0 Å². The second kappa shape index (κ2) is 4.16. The lowest BCUT2D eigenvalue weighted by Crippen LogP contribution is -2.34. The van der Waals surface area contributed by atoms with E-state index in [1.54, 1.807) is 13.8 Å². The first kappa shape index (κ1) is 11.9. The molecule has 1 unspecified atom stereocenters. The molecule has 4 nitrogen and oxygen atoms in total. The van der Waals surface area contributed by atoms with Crippen molar-refractivity contribution in [1.82, 2.24) is 5.32 Å². The van der Waals surface area contributed by atoms with Gasteiger partial charge in [-0.3, -0.25) is 0 Å². The lowest BCUT2D eigenvalue weighted by Gasteiger charge is -2.18. The zero-order valence-corrected chi connectivity index (χ0v) is 9.60. The van der Waals surface area contributed by atoms with Gasteiger partial charge >= 0.3 is 0 Å². The van der Waals surface area contributed by atoms with Crippen LogP contribution in [0.2, 0.25) is 0 Å². The first-order valence-electron chi connectivity index (χ1n) is 4.95. The minimum Gasteiger partial charge on any atom is -0.390 e. The van der Waals surface area contributed by atoms with Crippen molar-refractivity contribution in [2.45, 2.75) is 38.3 Å². The minimum atomic E-state index is -2.79. The molecule has 1 aliphatic rings. The van der Waals surface area contributed by atoms with E-state index in [9.17, 15) is 13.5 Å². The van der Waals surface area contributed by atoms with E-state index in [-0.39, 0.29) is 11.8 Å². The molecule has 0 saturated carbocycles. The average Bonchev–Trinajstić information content (AvgIpc) is 2.27. The molecule has 0 aromatic heterocycles. The van der Waals surface area contributed by atoms with Gasteiger partial charge in [0.1, 0.15) is 0 Å². The summed E-state index contributed by atoms with van der Waals surface area (Å²) in [6.45, 7) is 4.17. The number of rotatable bonds is 4. The summed E-state index contributed by atoms with van der Waals surface area (Å²) in [5, 5.41) is 12.6. The van der Waals surface area contributed by atoms with E-state index < -0.39 is 15.4 Å². The maximum atomic E-state index is 11.1. The fourth-order valence-electron chi connectivity index (χ4n) is 1.54. The first-order chi connectivity index (χ1) is 6.29. The van der Waals surface area contributed by atoms with Gasteiger partial charge in [-0.2, -0.15) is 0 Å². The molecule has 1 heterocycles. The fraction of sp³-hybridized carbons (Fsp3) is 1.00. The van der Waals surface area contributed by atoms with Crippen molar-refractivity contribution < 1.29 is 13.5 Å². The third-order valence-corrected chi connectivity index (χ3v) is 4.17. The minimum absolute atomic E-state index is 0.0855. The van der Waals surface area contributed by atoms with Crippen LogP contribution in [0.15, 0.2) is 0 Å². The van der Waals surface area contributed by atoms with E-state index in [0.29, 0.717) is 25.1 Å². The van der Waals surface area contributed by atoms with E-state index in [1.807, 2.05) is 0 Å². The quantitative estimate of drug-likeness (QED) is 0.697. The Balaban J connectivity index is 2.22. The summed E-state index contributed by atoms with van der Waals surface area (Å²) in [5.41, 5.74) is -0.676. The van der Waals surface area contributed by atoms with E-state index >= 15 is 0 Å². The highest BCUT2D eigenvalue weighted by Gasteiger charge is 2.27. The Morgan fingerprint density at radius 2 is 2.14 bits per heavy atom. The van der Waals surface area contributed by atoms with Crippen LogP contribution in [-0.2, 0) is 9.84 Å². The average molecular weight is 221 g/mol. The Morgan fingerprint density at radius 1 is 1.50 bits per heavy atom. The van der Waals surface area contributed by atoms with E-state index in [0.717, 1.165) is 0 Å². The van der Waals surface area contributed by atoms with Gasteiger partial charge in [0.2, 0.25) is 0 Å². The highest BCUT2D eigenvalue weighted by Crippen LogP contribution is 2.12. The van der Waals surface area contributed by atoms with Gasteiger partial charge in [-0.05, 0) is 33.2 Å². The van der Waals surface area contributed by atoms with E-state index in [1.165, 1.54) is 0 Å². The van der Waals surface area contributed by atoms with Crippen LogP contribution in [0.1, 0.15) is 26.7 Å². The van der Waals surface area contributed by atoms with Crippen LogP contribution in [0.4, 0.5) is 0 Å². The molecule has 0 amide bonds. The maximum absolute atomic E-state index is 11.1. The summed E-state index contributed by atoms with van der Waals surface area (Å²) in [6, 6.07) is 0.0855. The smallest absolute Gasteiger partial charge is 0.151 e. The molecule has 1 atom stereocenters. The molecule has 0 aromatic carbocycles. The Labute approximate surface area is 85.6 Å². The number of nitrogens with one attached hydrogen (secondary N) is 1. The number of hydrogen-bond donors (Lipinski definition) is 2. The van der Waals surface area contributed by atoms with Gasteiger partial charge in [-0.1, -0.05) is 0 Å². The molecular formula is C9H19NO3S. The van der Waals surface area contributed by atoms with Crippen LogP contribution >= 0.6 is 0 Å². The molecule has 0 radical (unpaired) electrons. The molecule has 0 spiro atoms. The van der Waals surface area contributed by atoms with Crippen LogP contribution < -0.4 is 5.32 Å². The van der Waals surface area contributed by atoms with Crippen LogP contribution in [0.25, 0.3) is 0 Å². The van der Waals surface area contributed by atoms with Crippen molar-refractivity contribution in [2.75, 3.05) is 18.1 Å². The van der Waals surface area contributed by atoms with E-state index in [2.05, 4.69) is 5.32 Å². The SMILES string of the molecule is CC(C)(O)CCNC1CCS(=O)(=O)C1. The molecule has 84 valence electrons. The molecule has 1 saturated heterocycles. The Bertz CT molecular complexity index is 279. The molecule has 0 bridgehead atoms. The summed E-state index contributed by atoms with van der Waals surface area (Å²) in [6.07, 6.45) is 1.34. The van der Waals surface area contributed by atoms with Crippen LogP contribution in [0, 0.1) is 0 Å². The first-order valence-corrected chi connectivity index (χ1v) is 6.77. The largest absolute Gasteiger partial charge is 0.390 e. The lowest BCUT2D eigenvalue weighted by molar-refractivity contribution is 0.0706. The topological polar surface area (TPSA) is 66.4 Å². The summed E-state index contributed by atoms with van der Waals surface area (Å²) in [7, 11) is -2.79. The van der Waals surface area contributed by atoms with Gasteiger partial charge in [-0.15, -0.1) is 0 Å². The van der Waals surface area contributed by atoms with Crippen LogP contribution in [0.3, 0.4) is 0 Å². The molecule has 1 fully saturated rings. The monoisotopic (exact) mass is 221 g/mol. The van der Waals surface area contributed by atoms with Crippen molar-refractivity contribution in [3.8, 4) is 0 Å². The lowest BCUT2D eigenvalue weighted by atomic mass is 10.1. The Hall–Kier alpha value is -0.130. The molecule has 14 heavy (non-hydrogen) atoms.